The molecule has 0 fully saturated rings. The fourth-order valence-corrected chi connectivity index (χ4v) is 1.22. The van der Waals surface area contributed by atoms with Crippen molar-refractivity contribution in [1.82, 2.24) is 0 Å². The van der Waals surface area contributed by atoms with E-state index in [4.69, 9.17) is 4.74 Å². The lowest BCUT2D eigenvalue weighted by molar-refractivity contribution is -0.143. The zero-order valence-electron chi connectivity index (χ0n) is 10.3. The van der Waals surface area contributed by atoms with Crippen LogP contribution in [0.1, 0.15) is 13.3 Å². The van der Waals surface area contributed by atoms with Crippen LogP contribution in [-0.4, -0.2) is 40.6 Å². The molecule has 6 nitrogen and oxygen atoms in total. The van der Waals surface area contributed by atoms with E-state index in [1.54, 1.807) is 6.08 Å². The molecule has 1 N–H and O–H groups in total. The third kappa shape index (κ3) is 6.54. The lowest BCUT2D eigenvalue weighted by Gasteiger charge is -2.24. The molecule has 0 saturated carbocycles. The van der Waals surface area contributed by atoms with Gasteiger partial charge in [-0.2, -0.15) is 8.42 Å². The quantitative estimate of drug-likeness (QED) is 0.759. The van der Waals surface area contributed by atoms with Crippen molar-refractivity contribution in [3.8, 4) is 0 Å². The monoisotopic (exact) mass is 266 g/mol. The summed E-state index contributed by atoms with van der Waals surface area (Å²) in [6, 6.07) is 0. The van der Waals surface area contributed by atoms with Crippen molar-refractivity contribution in [2.75, 3.05) is 21.3 Å². The highest BCUT2D eigenvalue weighted by Crippen LogP contribution is 2.20. The summed E-state index contributed by atoms with van der Waals surface area (Å²) in [5.74, 6) is -1.06. The van der Waals surface area contributed by atoms with Crippen molar-refractivity contribution in [1.29, 1.82) is 0 Å². The molecule has 0 radical (unpaired) electrons. The molecule has 1 unspecified atom stereocenters. The standard InChI is InChI=1S/C8H12O2.C2H6O4S/c1-7-4-3-5-8(9,6-7)10-2;1-5-7(3,4)6-2/h3-4,6,9H,5H2,1-2H3;1-2H3. The summed E-state index contributed by atoms with van der Waals surface area (Å²) in [7, 11) is -0.101. The van der Waals surface area contributed by atoms with Crippen molar-refractivity contribution < 1.29 is 26.6 Å². The first-order valence-electron chi connectivity index (χ1n) is 4.78. The molecule has 7 heteroatoms. The van der Waals surface area contributed by atoms with Gasteiger partial charge in [0.2, 0.25) is 0 Å². The number of ether oxygens (including phenoxy) is 1. The second-order valence-electron chi connectivity index (χ2n) is 3.29. The Labute approximate surface area is 102 Å². The third-order valence-corrected chi connectivity index (χ3v) is 2.82. The zero-order valence-corrected chi connectivity index (χ0v) is 11.2. The Morgan fingerprint density at radius 2 is 1.82 bits per heavy atom. The summed E-state index contributed by atoms with van der Waals surface area (Å²) in [5, 5.41) is 9.50. The van der Waals surface area contributed by atoms with Gasteiger partial charge in [0, 0.05) is 13.5 Å². The molecule has 0 amide bonds. The minimum Gasteiger partial charge on any atom is -0.362 e. The predicted octanol–water partition coefficient (Wildman–Crippen LogP) is 0.752. The highest BCUT2D eigenvalue weighted by atomic mass is 32.3. The summed E-state index contributed by atoms with van der Waals surface area (Å²) < 4.78 is 32.4. The molecule has 0 bridgehead atoms. The minimum atomic E-state index is -3.66. The van der Waals surface area contributed by atoms with Crippen LogP contribution < -0.4 is 0 Å². The van der Waals surface area contributed by atoms with Crippen molar-refractivity contribution in [2.45, 2.75) is 19.1 Å². The maximum Gasteiger partial charge on any atom is 0.399 e. The van der Waals surface area contributed by atoms with Crippen LogP contribution in [0.2, 0.25) is 0 Å². The number of aliphatic hydroxyl groups is 1. The highest BCUT2D eigenvalue weighted by Gasteiger charge is 2.23. The van der Waals surface area contributed by atoms with Gasteiger partial charge in [0.15, 0.2) is 5.79 Å². The summed E-state index contributed by atoms with van der Waals surface area (Å²) in [6.07, 6.45) is 6.13. The van der Waals surface area contributed by atoms with Crippen LogP contribution in [0, 0.1) is 0 Å². The number of rotatable bonds is 3. The molecule has 17 heavy (non-hydrogen) atoms. The SMILES string of the molecule is COC1(O)C=C(C)C=CC1.COS(=O)(=O)OC. The molecule has 1 rings (SSSR count). The predicted molar refractivity (Wildman–Crippen MR) is 62.4 cm³/mol. The Hall–Kier alpha value is -0.730. The molecule has 0 heterocycles. The van der Waals surface area contributed by atoms with Gasteiger partial charge in [-0.05, 0) is 13.0 Å². The molecule has 100 valence electrons. The third-order valence-electron chi connectivity index (χ3n) is 2.01. The van der Waals surface area contributed by atoms with Gasteiger partial charge < -0.3 is 9.84 Å². The van der Waals surface area contributed by atoms with Crippen LogP contribution in [0.4, 0.5) is 0 Å². The summed E-state index contributed by atoms with van der Waals surface area (Å²) in [6.45, 7) is 1.93. The summed E-state index contributed by atoms with van der Waals surface area (Å²) in [5.41, 5.74) is 1.04. The molecule has 0 aliphatic heterocycles. The van der Waals surface area contributed by atoms with E-state index in [0.717, 1.165) is 19.8 Å². The second kappa shape index (κ2) is 6.87. The molecule has 0 spiro atoms. The summed E-state index contributed by atoms with van der Waals surface area (Å²) >= 11 is 0. The Balaban J connectivity index is 0.000000325. The van der Waals surface area contributed by atoms with Gasteiger partial charge >= 0.3 is 10.4 Å². The Morgan fingerprint density at radius 1 is 1.29 bits per heavy atom. The van der Waals surface area contributed by atoms with Crippen LogP contribution in [-0.2, 0) is 23.5 Å². The molecule has 0 saturated heterocycles. The summed E-state index contributed by atoms with van der Waals surface area (Å²) in [4.78, 5) is 0. The Kier molecular flexibility index (Phi) is 6.58. The Morgan fingerprint density at radius 3 is 2.06 bits per heavy atom. The van der Waals surface area contributed by atoms with Gasteiger partial charge in [-0.15, -0.1) is 0 Å². The van der Waals surface area contributed by atoms with Crippen molar-refractivity contribution in [2.24, 2.45) is 0 Å². The number of hydrogen-bond acceptors (Lipinski definition) is 6. The van der Waals surface area contributed by atoms with E-state index in [0.29, 0.717) is 6.42 Å². The molecule has 0 aromatic heterocycles. The van der Waals surface area contributed by atoms with Gasteiger partial charge in [-0.25, -0.2) is 0 Å². The molecule has 1 aliphatic rings. The Bertz CT molecular complexity index is 374. The first-order chi connectivity index (χ1) is 7.78. The van der Waals surface area contributed by atoms with E-state index in [2.05, 4.69) is 8.37 Å². The van der Waals surface area contributed by atoms with E-state index < -0.39 is 16.2 Å². The first kappa shape index (κ1) is 16.3. The molecular formula is C10H18O6S. The van der Waals surface area contributed by atoms with Gasteiger partial charge in [-0.1, -0.05) is 17.7 Å². The maximum atomic E-state index is 9.92. The molecule has 1 aliphatic carbocycles. The average Bonchev–Trinajstić information content (AvgIpc) is 2.30. The average molecular weight is 266 g/mol. The van der Waals surface area contributed by atoms with Crippen molar-refractivity contribution in [3.63, 3.8) is 0 Å². The highest BCUT2D eigenvalue weighted by molar-refractivity contribution is 7.81. The number of methoxy groups -OCH3 is 1. The minimum absolute atomic E-state index is 0.542. The van der Waals surface area contributed by atoms with Crippen molar-refractivity contribution >= 4 is 10.4 Å². The smallest absolute Gasteiger partial charge is 0.362 e. The van der Waals surface area contributed by atoms with Gasteiger partial charge in [0.25, 0.3) is 0 Å². The van der Waals surface area contributed by atoms with Crippen LogP contribution >= 0.6 is 0 Å². The first-order valence-corrected chi connectivity index (χ1v) is 6.11. The fourth-order valence-electron chi connectivity index (χ4n) is 1.09. The fraction of sp³-hybridized carbons (Fsp3) is 0.600. The van der Waals surface area contributed by atoms with E-state index in [1.165, 1.54) is 7.11 Å². The molecule has 0 aromatic rings. The van der Waals surface area contributed by atoms with E-state index in [9.17, 15) is 13.5 Å². The molecule has 0 aromatic carbocycles. The van der Waals surface area contributed by atoms with Crippen LogP contribution in [0.5, 0.6) is 0 Å². The van der Waals surface area contributed by atoms with Crippen LogP contribution in [0.25, 0.3) is 0 Å². The molecule has 1 atom stereocenters. The lowest BCUT2D eigenvalue weighted by Crippen LogP contribution is -2.29. The second-order valence-corrected chi connectivity index (χ2v) is 4.77. The van der Waals surface area contributed by atoms with E-state index in [1.807, 2.05) is 19.1 Å². The largest absolute Gasteiger partial charge is 0.399 e. The van der Waals surface area contributed by atoms with Crippen molar-refractivity contribution in [3.05, 3.63) is 23.8 Å². The normalized spacial score (nSPS) is 23.7. The molecular weight excluding hydrogens is 248 g/mol. The topological polar surface area (TPSA) is 82.1 Å². The number of hydrogen-bond donors (Lipinski definition) is 1. The zero-order chi connectivity index (χ0) is 13.5. The van der Waals surface area contributed by atoms with Gasteiger partial charge in [-0.3, -0.25) is 8.37 Å². The number of allylic oxidation sites excluding steroid dienone is 2. The van der Waals surface area contributed by atoms with E-state index in [-0.39, 0.29) is 0 Å². The van der Waals surface area contributed by atoms with Gasteiger partial charge in [0.05, 0.1) is 14.2 Å². The van der Waals surface area contributed by atoms with Gasteiger partial charge in [0.1, 0.15) is 0 Å². The van der Waals surface area contributed by atoms with Crippen LogP contribution in [0.3, 0.4) is 0 Å². The van der Waals surface area contributed by atoms with Crippen LogP contribution in [0.15, 0.2) is 23.8 Å². The maximum absolute atomic E-state index is 9.92. The lowest BCUT2D eigenvalue weighted by atomic mass is 10.0. The van der Waals surface area contributed by atoms with E-state index >= 15 is 0 Å².